The standard InChI is InChI=1S/C12H19NO2S2/c1-10(2)8-9-13-17(14,15)12-6-4-11(16-3)5-7-12/h4-7,10,13H,8-9H2,1-3H3. The maximum absolute atomic E-state index is 11.9. The van der Waals surface area contributed by atoms with Gasteiger partial charge in [0.25, 0.3) is 0 Å². The number of hydrogen-bond acceptors (Lipinski definition) is 3. The van der Waals surface area contributed by atoms with Crippen LogP contribution in [0.15, 0.2) is 34.1 Å². The van der Waals surface area contributed by atoms with Crippen molar-refractivity contribution in [1.29, 1.82) is 0 Å². The summed E-state index contributed by atoms with van der Waals surface area (Å²) < 4.78 is 26.4. The Morgan fingerprint density at radius 2 is 1.82 bits per heavy atom. The van der Waals surface area contributed by atoms with Crippen molar-refractivity contribution in [3.8, 4) is 0 Å². The molecular formula is C12H19NO2S2. The van der Waals surface area contributed by atoms with Gasteiger partial charge in [-0.15, -0.1) is 11.8 Å². The van der Waals surface area contributed by atoms with Gasteiger partial charge in [0.2, 0.25) is 10.0 Å². The largest absolute Gasteiger partial charge is 0.240 e. The summed E-state index contributed by atoms with van der Waals surface area (Å²) in [6.45, 7) is 4.63. The van der Waals surface area contributed by atoms with Crippen LogP contribution in [0, 0.1) is 5.92 Å². The molecule has 0 bridgehead atoms. The van der Waals surface area contributed by atoms with Gasteiger partial charge in [-0.2, -0.15) is 0 Å². The zero-order valence-electron chi connectivity index (χ0n) is 10.4. The Bertz CT molecular complexity index is 438. The van der Waals surface area contributed by atoms with Crippen LogP contribution in [0.4, 0.5) is 0 Å². The number of thioether (sulfide) groups is 1. The highest BCUT2D eigenvalue weighted by Crippen LogP contribution is 2.17. The Balaban J connectivity index is 2.68. The van der Waals surface area contributed by atoms with Gasteiger partial charge >= 0.3 is 0 Å². The summed E-state index contributed by atoms with van der Waals surface area (Å²) in [6.07, 6.45) is 2.81. The van der Waals surface area contributed by atoms with Gasteiger partial charge in [0, 0.05) is 11.4 Å². The summed E-state index contributed by atoms with van der Waals surface area (Å²) in [7, 11) is -3.34. The molecular weight excluding hydrogens is 254 g/mol. The highest BCUT2D eigenvalue weighted by Gasteiger charge is 2.12. The van der Waals surface area contributed by atoms with E-state index >= 15 is 0 Å². The fourth-order valence-corrected chi connectivity index (χ4v) is 2.78. The van der Waals surface area contributed by atoms with Crippen molar-refractivity contribution in [2.75, 3.05) is 12.8 Å². The molecule has 0 heterocycles. The summed E-state index contributed by atoms with van der Waals surface area (Å²) in [6, 6.07) is 6.93. The zero-order valence-corrected chi connectivity index (χ0v) is 12.1. The van der Waals surface area contributed by atoms with Crippen molar-refractivity contribution in [2.45, 2.75) is 30.1 Å². The van der Waals surface area contributed by atoms with E-state index in [9.17, 15) is 8.42 Å². The summed E-state index contributed by atoms with van der Waals surface area (Å²) in [5, 5.41) is 0. The lowest BCUT2D eigenvalue weighted by atomic mass is 10.1. The Kier molecular flexibility index (Phi) is 5.49. The number of rotatable bonds is 6. The molecule has 0 saturated carbocycles. The van der Waals surface area contributed by atoms with Crippen molar-refractivity contribution >= 4 is 21.8 Å². The molecule has 17 heavy (non-hydrogen) atoms. The lowest BCUT2D eigenvalue weighted by molar-refractivity contribution is 0.551. The number of benzene rings is 1. The molecule has 0 aromatic heterocycles. The number of hydrogen-bond donors (Lipinski definition) is 1. The highest BCUT2D eigenvalue weighted by molar-refractivity contribution is 7.98. The lowest BCUT2D eigenvalue weighted by Crippen LogP contribution is -2.25. The minimum Gasteiger partial charge on any atom is -0.211 e. The SMILES string of the molecule is CSc1ccc(S(=O)(=O)NCCC(C)C)cc1. The highest BCUT2D eigenvalue weighted by atomic mass is 32.2. The van der Waals surface area contributed by atoms with Gasteiger partial charge < -0.3 is 0 Å². The first-order valence-corrected chi connectivity index (χ1v) is 8.30. The summed E-state index contributed by atoms with van der Waals surface area (Å²) >= 11 is 1.59. The minimum absolute atomic E-state index is 0.332. The van der Waals surface area contributed by atoms with E-state index < -0.39 is 10.0 Å². The Morgan fingerprint density at radius 1 is 1.24 bits per heavy atom. The average molecular weight is 273 g/mol. The van der Waals surface area contributed by atoms with Crippen LogP contribution in [0.2, 0.25) is 0 Å². The molecule has 0 aliphatic heterocycles. The van der Waals surface area contributed by atoms with E-state index in [-0.39, 0.29) is 0 Å². The zero-order chi connectivity index (χ0) is 12.9. The first-order chi connectivity index (χ1) is 7.95. The predicted molar refractivity (Wildman–Crippen MR) is 72.9 cm³/mol. The second kappa shape index (κ2) is 6.42. The normalized spacial score (nSPS) is 12.0. The van der Waals surface area contributed by atoms with Crippen LogP contribution in [0.1, 0.15) is 20.3 Å². The van der Waals surface area contributed by atoms with E-state index in [1.807, 2.05) is 18.4 Å². The van der Waals surface area contributed by atoms with Gasteiger partial charge in [-0.25, -0.2) is 13.1 Å². The summed E-state index contributed by atoms with van der Waals surface area (Å²) in [4.78, 5) is 1.39. The molecule has 0 aliphatic carbocycles. The van der Waals surface area contributed by atoms with E-state index in [4.69, 9.17) is 0 Å². The second-order valence-corrected chi connectivity index (χ2v) is 6.90. The fourth-order valence-electron chi connectivity index (χ4n) is 1.32. The van der Waals surface area contributed by atoms with Crippen molar-refractivity contribution in [2.24, 2.45) is 5.92 Å². The molecule has 0 unspecified atom stereocenters. The first kappa shape index (κ1) is 14.5. The van der Waals surface area contributed by atoms with Crippen LogP contribution in [0.25, 0.3) is 0 Å². The minimum atomic E-state index is -3.34. The van der Waals surface area contributed by atoms with Crippen LogP contribution >= 0.6 is 11.8 Å². The van der Waals surface area contributed by atoms with E-state index in [1.54, 1.807) is 23.9 Å². The predicted octanol–water partition coefficient (Wildman–Crippen LogP) is 2.73. The van der Waals surface area contributed by atoms with Gasteiger partial charge in [0.15, 0.2) is 0 Å². The quantitative estimate of drug-likeness (QED) is 0.811. The van der Waals surface area contributed by atoms with Gasteiger partial charge in [-0.1, -0.05) is 13.8 Å². The molecule has 1 aromatic carbocycles. The third-order valence-corrected chi connectivity index (χ3v) is 4.60. The van der Waals surface area contributed by atoms with Gasteiger partial charge in [-0.3, -0.25) is 0 Å². The van der Waals surface area contributed by atoms with E-state index in [1.165, 1.54) is 0 Å². The van der Waals surface area contributed by atoms with Gasteiger partial charge in [0.05, 0.1) is 4.90 Å². The second-order valence-electron chi connectivity index (χ2n) is 4.26. The maximum atomic E-state index is 11.9. The van der Waals surface area contributed by atoms with E-state index in [2.05, 4.69) is 18.6 Å². The molecule has 1 aromatic rings. The molecule has 0 spiro atoms. The topological polar surface area (TPSA) is 46.2 Å². The molecule has 0 radical (unpaired) electrons. The van der Waals surface area contributed by atoms with Crippen molar-refractivity contribution in [3.63, 3.8) is 0 Å². The van der Waals surface area contributed by atoms with Crippen LogP contribution in [-0.4, -0.2) is 21.2 Å². The molecule has 0 atom stereocenters. The average Bonchev–Trinajstić information content (AvgIpc) is 2.28. The van der Waals surface area contributed by atoms with Crippen molar-refractivity contribution < 1.29 is 8.42 Å². The van der Waals surface area contributed by atoms with E-state index in [0.29, 0.717) is 17.4 Å². The molecule has 0 fully saturated rings. The maximum Gasteiger partial charge on any atom is 0.240 e. The number of nitrogens with one attached hydrogen (secondary N) is 1. The van der Waals surface area contributed by atoms with Crippen LogP contribution in [-0.2, 0) is 10.0 Å². The summed E-state index contributed by atoms with van der Waals surface area (Å²) in [5.41, 5.74) is 0. The van der Waals surface area contributed by atoms with Gasteiger partial charge in [0.1, 0.15) is 0 Å². The van der Waals surface area contributed by atoms with Crippen molar-refractivity contribution in [3.05, 3.63) is 24.3 Å². The molecule has 0 aliphatic rings. The molecule has 0 saturated heterocycles. The first-order valence-electron chi connectivity index (χ1n) is 5.59. The molecule has 1 rings (SSSR count). The summed E-state index contributed by atoms with van der Waals surface area (Å²) in [5.74, 6) is 0.497. The Hall–Kier alpha value is -0.520. The Morgan fingerprint density at radius 3 is 2.29 bits per heavy atom. The molecule has 96 valence electrons. The molecule has 1 N–H and O–H groups in total. The van der Waals surface area contributed by atoms with Crippen LogP contribution < -0.4 is 4.72 Å². The van der Waals surface area contributed by atoms with E-state index in [0.717, 1.165) is 11.3 Å². The van der Waals surface area contributed by atoms with Crippen molar-refractivity contribution in [1.82, 2.24) is 4.72 Å². The third-order valence-electron chi connectivity index (χ3n) is 2.38. The van der Waals surface area contributed by atoms with Crippen LogP contribution in [0.5, 0.6) is 0 Å². The third kappa shape index (κ3) is 4.69. The van der Waals surface area contributed by atoms with Crippen LogP contribution in [0.3, 0.4) is 0 Å². The molecule has 0 amide bonds. The smallest absolute Gasteiger partial charge is 0.211 e. The fraction of sp³-hybridized carbons (Fsp3) is 0.500. The number of sulfonamides is 1. The molecule has 3 nitrogen and oxygen atoms in total. The monoisotopic (exact) mass is 273 g/mol. The lowest BCUT2D eigenvalue weighted by Gasteiger charge is -2.08. The Labute approximate surface area is 108 Å². The molecule has 5 heteroatoms. The van der Waals surface area contributed by atoms with Gasteiger partial charge in [-0.05, 0) is 42.9 Å².